The molecule has 0 radical (unpaired) electrons. The summed E-state index contributed by atoms with van der Waals surface area (Å²) >= 11 is 0. The van der Waals surface area contributed by atoms with Gasteiger partial charge < -0.3 is 19.3 Å². The zero-order valence-electron chi connectivity index (χ0n) is 9.19. The molecule has 15 heavy (non-hydrogen) atoms. The van der Waals surface area contributed by atoms with Gasteiger partial charge in [0.2, 0.25) is 0 Å². The molecule has 1 aromatic rings. The average molecular weight is 212 g/mol. The fourth-order valence-electron chi connectivity index (χ4n) is 1.39. The summed E-state index contributed by atoms with van der Waals surface area (Å²) in [6.45, 7) is 0. The van der Waals surface area contributed by atoms with Crippen LogP contribution in [0.25, 0.3) is 0 Å². The Morgan fingerprint density at radius 3 is 2.47 bits per heavy atom. The SMILES string of the molecule is COc1cccc(CC(O)OC)c1OC. The predicted octanol–water partition coefficient (Wildman–Crippen LogP) is 1.21. The topological polar surface area (TPSA) is 47.9 Å². The van der Waals surface area contributed by atoms with Crippen molar-refractivity contribution in [3.63, 3.8) is 0 Å². The molecule has 1 aromatic carbocycles. The van der Waals surface area contributed by atoms with Crippen LogP contribution in [-0.4, -0.2) is 32.7 Å². The van der Waals surface area contributed by atoms with Crippen molar-refractivity contribution in [3.05, 3.63) is 23.8 Å². The van der Waals surface area contributed by atoms with E-state index >= 15 is 0 Å². The summed E-state index contributed by atoms with van der Waals surface area (Å²) in [7, 11) is 4.60. The Labute approximate surface area is 89.4 Å². The minimum atomic E-state index is -0.828. The lowest BCUT2D eigenvalue weighted by Crippen LogP contribution is -2.13. The average Bonchev–Trinajstić information content (AvgIpc) is 2.28. The molecule has 1 unspecified atom stereocenters. The summed E-state index contributed by atoms with van der Waals surface area (Å²) in [4.78, 5) is 0. The van der Waals surface area contributed by atoms with Crippen LogP contribution in [0, 0.1) is 0 Å². The first-order valence-corrected chi connectivity index (χ1v) is 4.63. The van der Waals surface area contributed by atoms with Crippen LogP contribution in [0.15, 0.2) is 18.2 Å². The standard InChI is InChI=1S/C11H16O4/c1-13-9-6-4-5-8(11(9)15-3)7-10(12)14-2/h4-6,10,12H,7H2,1-3H3. The Morgan fingerprint density at radius 1 is 1.20 bits per heavy atom. The second-order valence-corrected chi connectivity index (χ2v) is 3.05. The van der Waals surface area contributed by atoms with E-state index in [-0.39, 0.29) is 0 Å². The molecule has 0 spiro atoms. The van der Waals surface area contributed by atoms with Crippen molar-refractivity contribution < 1.29 is 19.3 Å². The summed E-state index contributed by atoms with van der Waals surface area (Å²) in [5.41, 5.74) is 0.853. The molecular weight excluding hydrogens is 196 g/mol. The minimum Gasteiger partial charge on any atom is -0.493 e. The number of methoxy groups -OCH3 is 3. The van der Waals surface area contributed by atoms with E-state index in [1.54, 1.807) is 14.2 Å². The number of rotatable bonds is 5. The van der Waals surface area contributed by atoms with Crippen LogP contribution in [-0.2, 0) is 11.2 Å². The molecule has 1 N–H and O–H groups in total. The van der Waals surface area contributed by atoms with Crippen LogP contribution in [0.1, 0.15) is 5.56 Å². The van der Waals surface area contributed by atoms with E-state index in [0.29, 0.717) is 17.9 Å². The van der Waals surface area contributed by atoms with Gasteiger partial charge in [-0.05, 0) is 6.07 Å². The molecule has 0 aliphatic heterocycles. The Morgan fingerprint density at radius 2 is 1.93 bits per heavy atom. The van der Waals surface area contributed by atoms with Crippen LogP contribution in [0.2, 0.25) is 0 Å². The lowest BCUT2D eigenvalue weighted by atomic mass is 10.1. The van der Waals surface area contributed by atoms with Gasteiger partial charge in [-0.1, -0.05) is 12.1 Å². The highest BCUT2D eigenvalue weighted by Gasteiger charge is 2.12. The van der Waals surface area contributed by atoms with Crippen molar-refractivity contribution in [2.24, 2.45) is 0 Å². The number of ether oxygens (including phenoxy) is 3. The summed E-state index contributed by atoms with van der Waals surface area (Å²) < 4.78 is 15.2. The van der Waals surface area contributed by atoms with Gasteiger partial charge >= 0.3 is 0 Å². The van der Waals surface area contributed by atoms with Crippen LogP contribution in [0.4, 0.5) is 0 Å². The van der Waals surface area contributed by atoms with E-state index in [9.17, 15) is 5.11 Å². The minimum absolute atomic E-state index is 0.372. The number of para-hydroxylation sites is 1. The normalized spacial score (nSPS) is 12.3. The second kappa shape index (κ2) is 5.58. The molecule has 0 aliphatic carbocycles. The van der Waals surface area contributed by atoms with E-state index in [1.807, 2.05) is 18.2 Å². The number of aliphatic hydroxyl groups excluding tert-OH is 1. The number of benzene rings is 1. The summed E-state index contributed by atoms with van der Waals surface area (Å²) in [5.74, 6) is 1.29. The third-order valence-corrected chi connectivity index (χ3v) is 2.15. The van der Waals surface area contributed by atoms with E-state index in [2.05, 4.69) is 0 Å². The first-order valence-electron chi connectivity index (χ1n) is 4.63. The molecule has 0 fully saturated rings. The highest BCUT2D eigenvalue weighted by atomic mass is 16.6. The summed E-state index contributed by atoms with van der Waals surface area (Å²) in [6, 6.07) is 5.52. The predicted molar refractivity (Wildman–Crippen MR) is 56.3 cm³/mol. The highest BCUT2D eigenvalue weighted by Crippen LogP contribution is 2.31. The Balaban J connectivity index is 2.95. The smallest absolute Gasteiger partial charge is 0.164 e. The van der Waals surface area contributed by atoms with Crippen molar-refractivity contribution in [3.8, 4) is 11.5 Å². The molecule has 1 atom stereocenters. The van der Waals surface area contributed by atoms with Gasteiger partial charge in [0, 0.05) is 19.1 Å². The van der Waals surface area contributed by atoms with Crippen LogP contribution in [0.5, 0.6) is 11.5 Å². The Bertz CT molecular complexity index is 311. The molecule has 0 amide bonds. The molecule has 0 saturated carbocycles. The van der Waals surface area contributed by atoms with Gasteiger partial charge in [-0.3, -0.25) is 0 Å². The van der Waals surface area contributed by atoms with E-state index in [1.165, 1.54) is 7.11 Å². The van der Waals surface area contributed by atoms with Gasteiger partial charge in [0.25, 0.3) is 0 Å². The monoisotopic (exact) mass is 212 g/mol. The Hall–Kier alpha value is -1.26. The molecule has 1 rings (SSSR count). The molecule has 0 aliphatic rings. The lowest BCUT2D eigenvalue weighted by Gasteiger charge is -2.14. The molecule has 0 saturated heterocycles. The molecular formula is C11H16O4. The third-order valence-electron chi connectivity index (χ3n) is 2.15. The van der Waals surface area contributed by atoms with Crippen LogP contribution in [0.3, 0.4) is 0 Å². The highest BCUT2D eigenvalue weighted by molar-refractivity contribution is 5.46. The molecule has 0 aromatic heterocycles. The molecule has 0 bridgehead atoms. The van der Waals surface area contributed by atoms with Gasteiger partial charge in [-0.25, -0.2) is 0 Å². The summed E-state index contributed by atoms with van der Waals surface area (Å²) in [6.07, 6.45) is -0.456. The number of hydrogen-bond donors (Lipinski definition) is 1. The number of aliphatic hydroxyl groups is 1. The maximum atomic E-state index is 9.38. The van der Waals surface area contributed by atoms with Gasteiger partial charge in [-0.2, -0.15) is 0 Å². The van der Waals surface area contributed by atoms with E-state index in [0.717, 1.165) is 5.56 Å². The second-order valence-electron chi connectivity index (χ2n) is 3.05. The largest absolute Gasteiger partial charge is 0.493 e. The van der Waals surface area contributed by atoms with Gasteiger partial charge in [0.15, 0.2) is 17.8 Å². The third kappa shape index (κ3) is 2.84. The first-order chi connectivity index (χ1) is 7.22. The Kier molecular flexibility index (Phi) is 4.39. The van der Waals surface area contributed by atoms with Gasteiger partial charge in [-0.15, -0.1) is 0 Å². The quantitative estimate of drug-likeness (QED) is 0.745. The van der Waals surface area contributed by atoms with Crippen molar-refractivity contribution in [2.75, 3.05) is 21.3 Å². The maximum Gasteiger partial charge on any atom is 0.164 e. The van der Waals surface area contributed by atoms with Crippen molar-refractivity contribution in [1.82, 2.24) is 0 Å². The number of hydrogen-bond acceptors (Lipinski definition) is 4. The first kappa shape index (κ1) is 11.8. The molecule has 4 heteroatoms. The van der Waals surface area contributed by atoms with Crippen LogP contribution < -0.4 is 9.47 Å². The van der Waals surface area contributed by atoms with E-state index < -0.39 is 6.29 Å². The van der Waals surface area contributed by atoms with Crippen molar-refractivity contribution in [2.45, 2.75) is 12.7 Å². The van der Waals surface area contributed by atoms with Crippen LogP contribution >= 0.6 is 0 Å². The fourth-order valence-corrected chi connectivity index (χ4v) is 1.39. The molecule has 4 nitrogen and oxygen atoms in total. The molecule has 0 heterocycles. The van der Waals surface area contributed by atoms with Gasteiger partial charge in [0.05, 0.1) is 14.2 Å². The summed E-state index contributed by atoms with van der Waals surface area (Å²) in [5, 5.41) is 9.38. The zero-order valence-corrected chi connectivity index (χ0v) is 9.19. The maximum absolute atomic E-state index is 9.38. The fraction of sp³-hybridized carbons (Fsp3) is 0.455. The van der Waals surface area contributed by atoms with Crippen molar-refractivity contribution in [1.29, 1.82) is 0 Å². The lowest BCUT2D eigenvalue weighted by molar-refractivity contribution is -0.0723. The van der Waals surface area contributed by atoms with Gasteiger partial charge in [0.1, 0.15) is 0 Å². The van der Waals surface area contributed by atoms with Crippen molar-refractivity contribution >= 4 is 0 Å². The zero-order chi connectivity index (χ0) is 11.3. The molecule has 84 valence electrons. The van der Waals surface area contributed by atoms with E-state index in [4.69, 9.17) is 14.2 Å².